The first kappa shape index (κ1) is 8.93. The molecule has 1 N–H and O–H groups in total. The van der Waals surface area contributed by atoms with E-state index in [0.717, 1.165) is 18.4 Å². The molecule has 1 nitrogen and oxygen atoms in total. The molecule has 0 aromatic heterocycles. The van der Waals surface area contributed by atoms with Crippen molar-refractivity contribution in [3.8, 4) is 0 Å². The molecule has 0 spiro atoms. The minimum absolute atomic E-state index is 0.275. The van der Waals surface area contributed by atoms with E-state index in [1.165, 1.54) is 21.9 Å². The van der Waals surface area contributed by atoms with Crippen LogP contribution in [0.3, 0.4) is 0 Å². The van der Waals surface area contributed by atoms with Gasteiger partial charge in [0.25, 0.3) is 0 Å². The van der Waals surface area contributed by atoms with E-state index >= 15 is 0 Å². The molecule has 2 aromatic rings. The summed E-state index contributed by atoms with van der Waals surface area (Å²) in [6.07, 6.45) is 1.58. The Bertz CT molecular complexity index is 528. The van der Waals surface area contributed by atoms with Crippen LogP contribution in [-0.2, 0) is 6.42 Å². The largest absolute Gasteiger partial charge is 0.388 e. The smallest absolute Gasteiger partial charge is 0.0799 e. The SMILES string of the molecule is Cc1ccc2cccc3c2c1CC[C@H]3O. The van der Waals surface area contributed by atoms with Crippen LogP contribution in [0.5, 0.6) is 0 Å². The lowest BCUT2D eigenvalue weighted by molar-refractivity contribution is 0.166. The van der Waals surface area contributed by atoms with Crippen LogP contribution in [0.15, 0.2) is 30.3 Å². The summed E-state index contributed by atoms with van der Waals surface area (Å²) in [5.74, 6) is 0. The summed E-state index contributed by atoms with van der Waals surface area (Å²) in [5, 5.41) is 12.5. The molecule has 0 aliphatic heterocycles. The van der Waals surface area contributed by atoms with Gasteiger partial charge in [0.2, 0.25) is 0 Å². The molecule has 1 heteroatoms. The van der Waals surface area contributed by atoms with E-state index in [2.05, 4.69) is 31.2 Å². The van der Waals surface area contributed by atoms with Gasteiger partial charge < -0.3 is 5.11 Å². The average Bonchev–Trinajstić information content (AvgIpc) is 2.26. The molecule has 0 heterocycles. The Morgan fingerprint density at radius 3 is 2.93 bits per heavy atom. The fourth-order valence-electron chi connectivity index (χ4n) is 2.63. The molecule has 1 atom stereocenters. The standard InChI is InChI=1S/C14H14O/c1-9-5-6-10-3-2-4-12-13(15)8-7-11(9)14(10)12/h2-6,13,15H,7-8H2,1H3/t13-/m1/s1. The summed E-state index contributed by atoms with van der Waals surface area (Å²) < 4.78 is 0. The Balaban J connectivity index is 2.48. The summed E-state index contributed by atoms with van der Waals surface area (Å²) in [7, 11) is 0. The predicted molar refractivity (Wildman–Crippen MR) is 62.0 cm³/mol. The second-order valence-corrected chi connectivity index (χ2v) is 4.36. The number of benzene rings is 2. The second-order valence-electron chi connectivity index (χ2n) is 4.36. The number of hydrogen-bond donors (Lipinski definition) is 1. The second kappa shape index (κ2) is 3.07. The molecule has 0 amide bonds. The molecule has 76 valence electrons. The zero-order valence-electron chi connectivity index (χ0n) is 8.83. The fourth-order valence-corrected chi connectivity index (χ4v) is 2.63. The Hall–Kier alpha value is -1.34. The van der Waals surface area contributed by atoms with Gasteiger partial charge in [0.05, 0.1) is 6.10 Å². The van der Waals surface area contributed by atoms with Gasteiger partial charge in [0.1, 0.15) is 0 Å². The van der Waals surface area contributed by atoms with Crippen LogP contribution in [-0.4, -0.2) is 5.11 Å². The van der Waals surface area contributed by atoms with Crippen molar-refractivity contribution in [3.05, 3.63) is 47.0 Å². The van der Waals surface area contributed by atoms with Crippen molar-refractivity contribution >= 4 is 10.8 Å². The molecule has 2 aromatic carbocycles. The highest BCUT2D eigenvalue weighted by atomic mass is 16.3. The maximum absolute atomic E-state index is 9.96. The van der Waals surface area contributed by atoms with Crippen LogP contribution in [0.25, 0.3) is 10.8 Å². The van der Waals surface area contributed by atoms with E-state index in [1.54, 1.807) is 0 Å². The highest BCUT2D eigenvalue weighted by molar-refractivity contribution is 5.90. The molecule has 0 unspecified atom stereocenters. The summed E-state index contributed by atoms with van der Waals surface area (Å²) in [6.45, 7) is 2.16. The molecule has 3 rings (SSSR count). The van der Waals surface area contributed by atoms with Crippen molar-refractivity contribution in [3.63, 3.8) is 0 Å². The van der Waals surface area contributed by atoms with Gasteiger partial charge in [-0.15, -0.1) is 0 Å². The van der Waals surface area contributed by atoms with Crippen LogP contribution < -0.4 is 0 Å². The van der Waals surface area contributed by atoms with Gasteiger partial charge in [-0.3, -0.25) is 0 Å². The maximum atomic E-state index is 9.96. The third-order valence-corrected chi connectivity index (χ3v) is 3.45. The van der Waals surface area contributed by atoms with Crippen molar-refractivity contribution in [2.75, 3.05) is 0 Å². The summed E-state index contributed by atoms with van der Waals surface area (Å²) in [4.78, 5) is 0. The van der Waals surface area contributed by atoms with Gasteiger partial charge in [0, 0.05) is 0 Å². The summed E-state index contributed by atoms with van der Waals surface area (Å²) >= 11 is 0. The minimum Gasteiger partial charge on any atom is -0.388 e. The van der Waals surface area contributed by atoms with E-state index in [-0.39, 0.29) is 6.10 Å². The van der Waals surface area contributed by atoms with Crippen LogP contribution in [0.4, 0.5) is 0 Å². The molecule has 0 saturated heterocycles. The van der Waals surface area contributed by atoms with E-state index in [1.807, 2.05) is 6.07 Å². The number of aryl methyl sites for hydroxylation is 2. The van der Waals surface area contributed by atoms with E-state index in [0.29, 0.717) is 0 Å². The predicted octanol–water partition coefficient (Wildman–Crippen LogP) is 3.13. The fraction of sp³-hybridized carbons (Fsp3) is 0.286. The van der Waals surface area contributed by atoms with Crippen LogP contribution >= 0.6 is 0 Å². The highest BCUT2D eigenvalue weighted by Gasteiger charge is 2.20. The third-order valence-electron chi connectivity index (χ3n) is 3.45. The van der Waals surface area contributed by atoms with Gasteiger partial charge in [-0.1, -0.05) is 30.3 Å². The maximum Gasteiger partial charge on any atom is 0.0799 e. The average molecular weight is 198 g/mol. The molecule has 0 bridgehead atoms. The Labute approximate surface area is 89.4 Å². The van der Waals surface area contributed by atoms with Crippen LogP contribution in [0, 0.1) is 6.92 Å². The van der Waals surface area contributed by atoms with Crippen molar-refractivity contribution in [1.82, 2.24) is 0 Å². The lowest BCUT2D eigenvalue weighted by Gasteiger charge is -2.23. The van der Waals surface area contributed by atoms with Gasteiger partial charge >= 0.3 is 0 Å². The van der Waals surface area contributed by atoms with Gasteiger partial charge in [-0.25, -0.2) is 0 Å². The van der Waals surface area contributed by atoms with Gasteiger partial charge in [0.15, 0.2) is 0 Å². The molecule has 0 saturated carbocycles. The lowest BCUT2D eigenvalue weighted by Crippen LogP contribution is -2.08. The monoisotopic (exact) mass is 198 g/mol. The molecular weight excluding hydrogens is 184 g/mol. The van der Waals surface area contributed by atoms with E-state index in [4.69, 9.17) is 0 Å². The number of aliphatic hydroxyl groups is 1. The van der Waals surface area contributed by atoms with E-state index in [9.17, 15) is 5.11 Å². The molecule has 0 fully saturated rings. The highest BCUT2D eigenvalue weighted by Crippen LogP contribution is 2.36. The molecular formula is C14H14O. The van der Waals surface area contributed by atoms with Gasteiger partial charge in [-0.2, -0.15) is 0 Å². The van der Waals surface area contributed by atoms with Crippen molar-refractivity contribution in [2.45, 2.75) is 25.9 Å². The molecule has 1 aliphatic carbocycles. The number of rotatable bonds is 0. The van der Waals surface area contributed by atoms with Crippen LogP contribution in [0.2, 0.25) is 0 Å². The quantitative estimate of drug-likeness (QED) is 0.689. The molecule has 15 heavy (non-hydrogen) atoms. The lowest BCUT2D eigenvalue weighted by atomic mass is 9.85. The molecule has 1 aliphatic rings. The Kier molecular flexibility index (Phi) is 1.83. The topological polar surface area (TPSA) is 20.2 Å². The summed E-state index contributed by atoms with van der Waals surface area (Å²) in [5.41, 5.74) is 3.88. The Morgan fingerprint density at radius 2 is 2.07 bits per heavy atom. The normalized spacial score (nSPS) is 19.5. The van der Waals surface area contributed by atoms with Crippen molar-refractivity contribution in [2.24, 2.45) is 0 Å². The summed E-state index contributed by atoms with van der Waals surface area (Å²) in [6, 6.07) is 10.5. The number of aliphatic hydroxyl groups excluding tert-OH is 1. The first-order chi connectivity index (χ1) is 7.27. The zero-order valence-corrected chi connectivity index (χ0v) is 8.83. The first-order valence-electron chi connectivity index (χ1n) is 5.46. The van der Waals surface area contributed by atoms with Crippen LogP contribution in [0.1, 0.15) is 29.2 Å². The molecule has 0 radical (unpaired) electrons. The third kappa shape index (κ3) is 1.20. The number of hydrogen-bond acceptors (Lipinski definition) is 1. The van der Waals surface area contributed by atoms with E-state index < -0.39 is 0 Å². The zero-order chi connectivity index (χ0) is 10.4. The van der Waals surface area contributed by atoms with Crippen molar-refractivity contribution < 1.29 is 5.11 Å². The van der Waals surface area contributed by atoms with Gasteiger partial charge in [-0.05, 0) is 47.2 Å². The first-order valence-corrected chi connectivity index (χ1v) is 5.46. The minimum atomic E-state index is -0.275. The Morgan fingerprint density at radius 1 is 1.20 bits per heavy atom. The van der Waals surface area contributed by atoms with Crippen molar-refractivity contribution in [1.29, 1.82) is 0 Å².